The van der Waals surface area contributed by atoms with Crippen molar-refractivity contribution in [2.75, 3.05) is 6.61 Å². The molecule has 13 heavy (non-hydrogen) atoms. The van der Waals surface area contributed by atoms with Gasteiger partial charge in [-0.05, 0) is 19.3 Å². The van der Waals surface area contributed by atoms with E-state index >= 15 is 0 Å². The monoisotopic (exact) mass is 186 g/mol. The van der Waals surface area contributed by atoms with Crippen LogP contribution in [0.15, 0.2) is 0 Å². The molecule has 1 atom stereocenters. The minimum absolute atomic E-state index is 0.0811. The molecule has 0 aromatic rings. The van der Waals surface area contributed by atoms with E-state index < -0.39 is 5.60 Å². The summed E-state index contributed by atoms with van der Waals surface area (Å²) in [4.78, 5) is 11.5. The van der Waals surface area contributed by atoms with Crippen LogP contribution >= 0.6 is 0 Å². The summed E-state index contributed by atoms with van der Waals surface area (Å²) in [6.45, 7) is 6.38. The summed E-state index contributed by atoms with van der Waals surface area (Å²) in [5.41, 5.74) is -0.668. The second-order valence-corrected chi connectivity index (χ2v) is 3.45. The van der Waals surface area contributed by atoms with Crippen LogP contribution < -0.4 is 0 Å². The average molecular weight is 186 g/mol. The lowest BCUT2D eigenvalue weighted by atomic mass is 9.95. The van der Waals surface area contributed by atoms with Crippen LogP contribution in [-0.4, -0.2) is 24.3 Å². The molecule has 0 aromatic carbocycles. The summed E-state index contributed by atoms with van der Waals surface area (Å²) in [7, 11) is 0. The lowest BCUT2D eigenvalue weighted by molar-refractivity contribution is -0.211. The zero-order valence-corrected chi connectivity index (χ0v) is 8.63. The summed E-state index contributed by atoms with van der Waals surface area (Å²) in [5.74, 6) is -0.192. The van der Waals surface area contributed by atoms with Gasteiger partial charge in [0.25, 0.3) is 0 Å². The van der Waals surface area contributed by atoms with Gasteiger partial charge in [0, 0.05) is 0 Å². The molecule has 0 amide bonds. The van der Waals surface area contributed by atoms with Crippen molar-refractivity contribution >= 4 is 5.97 Å². The Morgan fingerprint density at radius 3 is 2.46 bits per heavy atom. The Balaban J connectivity index is 2.73. The van der Waals surface area contributed by atoms with Crippen molar-refractivity contribution in [2.45, 2.75) is 51.7 Å². The number of carbonyl (C=O) groups excluding carboxylic acids is 1. The van der Waals surface area contributed by atoms with Crippen molar-refractivity contribution in [1.82, 2.24) is 0 Å². The highest BCUT2D eigenvalue weighted by Crippen LogP contribution is 2.28. The zero-order chi connectivity index (χ0) is 9.90. The van der Waals surface area contributed by atoms with E-state index in [1.807, 2.05) is 20.8 Å². The van der Waals surface area contributed by atoms with Crippen LogP contribution in [0.2, 0.25) is 0 Å². The van der Waals surface area contributed by atoms with Gasteiger partial charge in [0.15, 0.2) is 5.60 Å². The second kappa shape index (κ2) is 4.09. The molecule has 0 aliphatic carbocycles. The van der Waals surface area contributed by atoms with Crippen LogP contribution in [0.3, 0.4) is 0 Å². The van der Waals surface area contributed by atoms with Gasteiger partial charge in [-0.2, -0.15) is 0 Å². The second-order valence-electron chi connectivity index (χ2n) is 3.45. The molecule has 0 spiro atoms. The molecule has 1 aliphatic rings. The molecular formula is C10H18O3. The summed E-state index contributed by atoms with van der Waals surface area (Å²) in [6.07, 6.45) is 2.37. The predicted molar refractivity (Wildman–Crippen MR) is 49.4 cm³/mol. The van der Waals surface area contributed by atoms with Crippen LogP contribution in [0.1, 0.15) is 40.0 Å². The van der Waals surface area contributed by atoms with Gasteiger partial charge in [-0.25, -0.2) is 4.79 Å². The van der Waals surface area contributed by atoms with Crippen molar-refractivity contribution in [3.63, 3.8) is 0 Å². The number of ether oxygens (including phenoxy) is 2. The molecule has 3 nitrogen and oxygen atoms in total. The molecule has 1 aliphatic heterocycles. The fraction of sp³-hybridized carbons (Fsp3) is 0.900. The van der Waals surface area contributed by atoms with Crippen LogP contribution in [0.5, 0.6) is 0 Å². The fourth-order valence-corrected chi connectivity index (χ4v) is 1.61. The SMILES string of the molecule is CCC1COC(=O)C(CC)(CC)O1. The van der Waals surface area contributed by atoms with E-state index in [9.17, 15) is 4.79 Å². The number of hydrogen-bond acceptors (Lipinski definition) is 3. The van der Waals surface area contributed by atoms with Gasteiger partial charge in [-0.1, -0.05) is 20.8 Å². The van der Waals surface area contributed by atoms with E-state index in [2.05, 4.69) is 0 Å². The Hall–Kier alpha value is -0.570. The molecule has 1 heterocycles. The van der Waals surface area contributed by atoms with Crippen LogP contribution in [0.25, 0.3) is 0 Å². The molecular weight excluding hydrogens is 168 g/mol. The number of hydrogen-bond donors (Lipinski definition) is 0. The Labute approximate surface area is 79.4 Å². The first-order valence-electron chi connectivity index (χ1n) is 5.03. The predicted octanol–water partition coefficient (Wildman–Crippen LogP) is 1.90. The van der Waals surface area contributed by atoms with Gasteiger partial charge in [-0.3, -0.25) is 0 Å². The Morgan fingerprint density at radius 1 is 1.38 bits per heavy atom. The van der Waals surface area contributed by atoms with Crippen LogP contribution in [-0.2, 0) is 14.3 Å². The molecule has 0 bridgehead atoms. The standard InChI is InChI=1S/C10H18O3/c1-4-8-7-12-9(11)10(5-2,6-3)13-8/h8H,4-7H2,1-3H3. The van der Waals surface area contributed by atoms with E-state index in [0.29, 0.717) is 19.4 Å². The number of carbonyl (C=O) groups is 1. The minimum atomic E-state index is -0.668. The lowest BCUT2D eigenvalue weighted by Crippen LogP contribution is -2.50. The quantitative estimate of drug-likeness (QED) is 0.631. The molecule has 1 rings (SSSR count). The maximum Gasteiger partial charge on any atom is 0.338 e. The first-order chi connectivity index (χ1) is 6.18. The maximum absolute atomic E-state index is 11.5. The highest BCUT2D eigenvalue weighted by atomic mass is 16.6. The van der Waals surface area contributed by atoms with Crippen molar-refractivity contribution in [3.8, 4) is 0 Å². The van der Waals surface area contributed by atoms with Gasteiger partial charge < -0.3 is 9.47 Å². The zero-order valence-electron chi connectivity index (χ0n) is 8.63. The number of rotatable bonds is 3. The molecule has 0 saturated carbocycles. The van der Waals surface area contributed by atoms with Crippen LogP contribution in [0, 0.1) is 0 Å². The Morgan fingerprint density at radius 2 is 2.00 bits per heavy atom. The summed E-state index contributed by atoms with van der Waals surface area (Å²) >= 11 is 0. The van der Waals surface area contributed by atoms with Gasteiger partial charge in [0.05, 0.1) is 6.10 Å². The van der Waals surface area contributed by atoms with Crippen LogP contribution in [0.4, 0.5) is 0 Å². The Bertz CT molecular complexity index is 185. The largest absolute Gasteiger partial charge is 0.461 e. The normalized spacial score (nSPS) is 27.0. The molecule has 1 saturated heterocycles. The van der Waals surface area contributed by atoms with Crippen molar-refractivity contribution in [2.24, 2.45) is 0 Å². The van der Waals surface area contributed by atoms with E-state index in [4.69, 9.17) is 9.47 Å². The first-order valence-corrected chi connectivity index (χ1v) is 5.03. The maximum atomic E-state index is 11.5. The average Bonchev–Trinajstić information content (AvgIpc) is 2.19. The first kappa shape index (κ1) is 10.5. The summed E-state index contributed by atoms with van der Waals surface area (Å²) < 4.78 is 10.9. The highest BCUT2D eigenvalue weighted by molar-refractivity contribution is 5.80. The third kappa shape index (κ3) is 1.85. The van der Waals surface area contributed by atoms with Crippen molar-refractivity contribution in [3.05, 3.63) is 0 Å². The van der Waals surface area contributed by atoms with Gasteiger partial charge in [0.1, 0.15) is 6.61 Å². The molecule has 0 radical (unpaired) electrons. The topological polar surface area (TPSA) is 35.5 Å². The molecule has 76 valence electrons. The van der Waals surface area contributed by atoms with E-state index in [0.717, 1.165) is 6.42 Å². The van der Waals surface area contributed by atoms with Gasteiger partial charge in [0.2, 0.25) is 0 Å². The summed E-state index contributed by atoms with van der Waals surface area (Å²) in [6, 6.07) is 0. The molecule has 1 unspecified atom stereocenters. The molecule has 0 aromatic heterocycles. The van der Waals surface area contributed by atoms with E-state index in [1.54, 1.807) is 0 Å². The highest BCUT2D eigenvalue weighted by Gasteiger charge is 2.43. The van der Waals surface area contributed by atoms with Gasteiger partial charge >= 0.3 is 5.97 Å². The number of esters is 1. The third-order valence-corrected chi connectivity index (χ3v) is 2.76. The Kier molecular flexibility index (Phi) is 3.31. The minimum Gasteiger partial charge on any atom is -0.461 e. The smallest absolute Gasteiger partial charge is 0.338 e. The lowest BCUT2D eigenvalue weighted by Gasteiger charge is -2.37. The number of cyclic esters (lactones) is 1. The summed E-state index contributed by atoms with van der Waals surface area (Å²) in [5, 5.41) is 0. The molecule has 1 fully saturated rings. The van der Waals surface area contributed by atoms with E-state index in [-0.39, 0.29) is 12.1 Å². The molecule has 3 heteroatoms. The van der Waals surface area contributed by atoms with Crippen molar-refractivity contribution < 1.29 is 14.3 Å². The van der Waals surface area contributed by atoms with Gasteiger partial charge in [-0.15, -0.1) is 0 Å². The van der Waals surface area contributed by atoms with E-state index in [1.165, 1.54) is 0 Å². The van der Waals surface area contributed by atoms with Crippen molar-refractivity contribution in [1.29, 1.82) is 0 Å². The third-order valence-electron chi connectivity index (χ3n) is 2.76. The molecule has 0 N–H and O–H groups in total. The fourth-order valence-electron chi connectivity index (χ4n) is 1.61.